The molecule has 0 amide bonds. The third-order valence-electron chi connectivity index (χ3n) is 4.03. The van der Waals surface area contributed by atoms with Crippen LogP contribution in [0.4, 0.5) is 0 Å². The first-order chi connectivity index (χ1) is 8.54. The molecule has 1 aromatic rings. The van der Waals surface area contributed by atoms with E-state index in [-0.39, 0.29) is 0 Å². The molecule has 2 rings (SSSR count). The van der Waals surface area contributed by atoms with Crippen molar-refractivity contribution in [3.05, 3.63) is 34.3 Å². The van der Waals surface area contributed by atoms with Gasteiger partial charge < -0.3 is 5.32 Å². The summed E-state index contributed by atoms with van der Waals surface area (Å²) < 4.78 is 1.15. The van der Waals surface area contributed by atoms with E-state index >= 15 is 0 Å². The van der Waals surface area contributed by atoms with Gasteiger partial charge in [0, 0.05) is 16.6 Å². The van der Waals surface area contributed by atoms with Crippen molar-refractivity contribution in [2.24, 2.45) is 11.8 Å². The van der Waals surface area contributed by atoms with Crippen LogP contribution in [0.5, 0.6) is 0 Å². The van der Waals surface area contributed by atoms with E-state index in [2.05, 4.69) is 66.3 Å². The van der Waals surface area contributed by atoms with Crippen LogP contribution >= 0.6 is 15.9 Å². The lowest BCUT2D eigenvalue weighted by Gasteiger charge is -2.34. The molecule has 100 valence electrons. The maximum Gasteiger partial charge on any atom is 0.0294 e. The van der Waals surface area contributed by atoms with E-state index in [0.717, 1.165) is 16.3 Å². The molecule has 0 spiro atoms. The van der Waals surface area contributed by atoms with Crippen molar-refractivity contribution in [2.45, 2.75) is 52.1 Å². The van der Waals surface area contributed by atoms with E-state index in [4.69, 9.17) is 0 Å². The Kier molecular flexibility index (Phi) is 4.85. The van der Waals surface area contributed by atoms with E-state index in [0.29, 0.717) is 12.1 Å². The maximum atomic E-state index is 3.80. The summed E-state index contributed by atoms with van der Waals surface area (Å²) >= 11 is 3.49. The van der Waals surface area contributed by atoms with E-state index in [9.17, 15) is 0 Å². The second-order valence-corrected chi connectivity index (χ2v) is 6.97. The van der Waals surface area contributed by atoms with Crippen molar-refractivity contribution in [1.29, 1.82) is 0 Å². The lowest BCUT2D eigenvalue weighted by Crippen LogP contribution is -2.37. The summed E-state index contributed by atoms with van der Waals surface area (Å²) in [6.07, 6.45) is 4.04. The molecule has 1 aliphatic carbocycles. The van der Waals surface area contributed by atoms with Crippen molar-refractivity contribution in [1.82, 2.24) is 5.32 Å². The quantitative estimate of drug-likeness (QED) is 0.835. The minimum Gasteiger partial charge on any atom is -0.307 e. The molecule has 0 aliphatic heterocycles. The second kappa shape index (κ2) is 6.21. The molecule has 2 heteroatoms. The van der Waals surface area contributed by atoms with Crippen molar-refractivity contribution in [3.63, 3.8) is 0 Å². The molecule has 0 saturated heterocycles. The predicted octanol–water partition coefficient (Wildman–Crippen LogP) is 4.92. The Bertz CT molecular complexity index is 363. The molecule has 1 aromatic carbocycles. The highest BCUT2D eigenvalue weighted by Gasteiger charge is 2.24. The zero-order chi connectivity index (χ0) is 13.1. The molecule has 1 N–H and O–H groups in total. The van der Waals surface area contributed by atoms with Gasteiger partial charge in [0.2, 0.25) is 0 Å². The number of rotatable bonds is 3. The zero-order valence-electron chi connectivity index (χ0n) is 11.6. The van der Waals surface area contributed by atoms with Gasteiger partial charge in [-0.2, -0.15) is 0 Å². The Labute approximate surface area is 119 Å². The zero-order valence-corrected chi connectivity index (χ0v) is 13.2. The first-order valence-electron chi connectivity index (χ1n) is 7.06. The van der Waals surface area contributed by atoms with Crippen LogP contribution in [-0.4, -0.2) is 6.04 Å². The fraction of sp³-hybridized carbons (Fsp3) is 0.625. The second-order valence-electron chi connectivity index (χ2n) is 6.05. The van der Waals surface area contributed by atoms with Crippen molar-refractivity contribution >= 4 is 15.9 Å². The number of halogens is 1. The van der Waals surface area contributed by atoms with Crippen molar-refractivity contribution < 1.29 is 0 Å². The molecule has 1 fully saturated rings. The number of benzene rings is 1. The molecule has 3 atom stereocenters. The Morgan fingerprint density at radius 2 is 1.61 bits per heavy atom. The molecular weight excluding hydrogens is 286 g/mol. The van der Waals surface area contributed by atoms with E-state index in [1.165, 1.54) is 24.8 Å². The van der Waals surface area contributed by atoms with Crippen LogP contribution in [-0.2, 0) is 0 Å². The molecule has 1 nitrogen and oxygen atoms in total. The summed E-state index contributed by atoms with van der Waals surface area (Å²) in [4.78, 5) is 0. The van der Waals surface area contributed by atoms with Crippen LogP contribution < -0.4 is 5.32 Å². The van der Waals surface area contributed by atoms with Gasteiger partial charge in [-0.05, 0) is 55.7 Å². The molecule has 0 bridgehead atoms. The highest BCUT2D eigenvalue weighted by atomic mass is 79.9. The third kappa shape index (κ3) is 3.83. The molecule has 0 radical (unpaired) electrons. The van der Waals surface area contributed by atoms with Gasteiger partial charge in [0.15, 0.2) is 0 Å². The number of nitrogens with one attached hydrogen (secondary N) is 1. The minimum atomic E-state index is 0.445. The summed E-state index contributed by atoms with van der Waals surface area (Å²) in [6.45, 7) is 7.04. The molecule has 0 heterocycles. The summed E-state index contributed by atoms with van der Waals surface area (Å²) in [6, 6.07) is 9.79. The minimum absolute atomic E-state index is 0.445. The molecule has 0 aromatic heterocycles. The first kappa shape index (κ1) is 14.1. The Hall–Kier alpha value is -0.340. The van der Waals surface area contributed by atoms with Crippen LogP contribution in [0.15, 0.2) is 28.7 Å². The Morgan fingerprint density at radius 1 is 1.06 bits per heavy atom. The standard InChI is InChI=1S/C16H24BrN/c1-11-8-12(2)10-16(9-11)18-13(3)14-4-6-15(17)7-5-14/h4-7,11-13,16,18H,8-10H2,1-3H3/t11?,12?,13-,16?/m0/s1. The monoisotopic (exact) mass is 309 g/mol. The van der Waals surface area contributed by atoms with Gasteiger partial charge in [0.05, 0.1) is 0 Å². The normalized spacial score (nSPS) is 30.1. The molecule has 1 saturated carbocycles. The molecule has 18 heavy (non-hydrogen) atoms. The summed E-state index contributed by atoms with van der Waals surface area (Å²) in [7, 11) is 0. The highest BCUT2D eigenvalue weighted by molar-refractivity contribution is 9.10. The largest absolute Gasteiger partial charge is 0.307 e. The number of hydrogen-bond donors (Lipinski definition) is 1. The van der Waals surface area contributed by atoms with Gasteiger partial charge in [-0.3, -0.25) is 0 Å². The molecular formula is C16H24BrN. The maximum absolute atomic E-state index is 3.80. The van der Waals surface area contributed by atoms with E-state index in [1.54, 1.807) is 0 Å². The van der Waals surface area contributed by atoms with E-state index < -0.39 is 0 Å². The van der Waals surface area contributed by atoms with Gasteiger partial charge in [0.1, 0.15) is 0 Å². The third-order valence-corrected chi connectivity index (χ3v) is 4.56. The van der Waals surface area contributed by atoms with Gasteiger partial charge in [-0.15, -0.1) is 0 Å². The summed E-state index contributed by atoms with van der Waals surface area (Å²) in [5.74, 6) is 1.73. The lowest BCUT2D eigenvalue weighted by molar-refractivity contribution is 0.228. The highest BCUT2D eigenvalue weighted by Crippen LogP contribution is 2.30. The average Bonchev–Trinajstić information content (AvgIpc) is 2.28. The topological polar surface area (TPSA) is 12.0 Å². The smallest absolute Gasteiger partial charge is 0.0294 e. The van der Waals surface area contributed by atoms with Crippen LogP contribution in [0.1, 0.15) is 51.6 Å². The van der Waals surface area contributed by atoms with Gasteiger partial charge >= 0.3 is 0 Å². The fourth-order valence-electron chi connectivity index (χ4n) is 3.28. The van der Waals surface area contributed by atoms with Gasteiger partial charge in [-0.1, -0.05) is 41.9 Å². The van der Waals surface area contributed by atoms with E-state index in [1.807, 2.05) is 0 Å². The van der Waals surface area contributed by atoms with Crippen LogP contribution in [0, 0.1) is 11.8 Å². The first-order valence-corrected chi connectivity index (χ1v) is 7.85. The van der Waals surface area contributed by atoms with Crippen LogP contribution in [0.25, 0.3) is 0 Å². The van der Waals surface area contributed by atoms with Crippen LogP contribution in [0.2, 0.25) is 0 Å². The van der Waals surface area contributed by atoms with Crippen molar-refractivity contribution in [3.8, 4) is 0 Å². The molecule has 2 unspecified atom stereocenters. The Balaban J connectivity index is 1.94. The number of hydrogen-bond acceptors (Lipinski definition) is 1. The summed E-state index contributed by atoms with van der Waals surface area (Å²) in [5.41, 5.74) is 1.38. The van der Waals surface area contributed by atoms with Crippen LogP contribution in [0.3, 0.4) is 0 Å². The lowest BCUT2D eigenvalue weighted by atomic mass is 9.80. The van der Waals surface area contributed by atoms with Crippen molar-refractivity contribution in [2.75, 3.05) is 0 Å². The Morgan fingerprint density at radius 3 is 2.17 bits per heavy atom. The SMILES string of the molecule is CC1CC(C)CC(N[C@@H](C)c2ccc(Br)cc2)C1. The average molecular weight is 310 g/mol. The summed E-state index contributed by atoms with van der Waals surface area (Å²) in [5, 5.41) is 3.80. The molecule has 1 aliphatic rings. The van der Waals surface area contributed by atoms with Gasteiger partial charge in [0.25, 0.3) is 0 Å². The van der Waals surface area contributed by atoms with Gasteiger partial charge in [-0.25, -0.2) is 0 Å². The fourth-order valence-corrected chi connectivity index (χ4v) is 3.55. The predicted molar refractivity (Wildman–Crippen MR) is 81.7 cm³/mol.